The first kappa shape index (κ1) is 39.7. The van der Waals surface area contributed by atoms with E-state index in [0.717, 1.165) is 56.9 Å². The van der Waals surface area contributed by atoms with Crippen molar-refractivity contribution in [1.82, 2.24) is 26.2 Å². The fraction of sp³-hybridized carbons (Fsp3) is 0.714. The lowest BCUT2D eigenvalue weighted by Gasteiger charge is -2.38. The van der Waals surface area contributed by atoms with Crippen LogP contribution in [0.3, 0.4) is 0 Å². The Labute approximate surface area is 320 Å². The minimum absolute atomic E-state index is 0.00459. The van der Waals surface area contributed by atoms with E-state index in [0.29, 0.717) is 38.6 Å². The molecule has 2 spiro atoms. The monoisotopic (exact) mass is 747 g/mol. The van der Waals surface area contributed by atoms with Crippen LogP contribution in [-0.2, 0) is 35.3 Å². The molecule has 1 aromatic rings. The molecule has 1 unspecified atom stereocenters. The summed E-state index contributed by atoms with van der Waals surface area (Å²) in [7, 11) is 0. The molecule has 6 rings (SSSR count). The number of esters is 1. The molecule has 1 heterocycles. The van der Waals surface area contributed by atoms with Crippen LogP contribution >= 0.6 is 0 Å². The van der Waals surface area contributed by atoms with Crippen LogP contribution in [0.5, 0.6) is 0 Å². The average molecular weight is 748 g/mol. The molecule has 4 atom stereocenters. The van der Waals surface area contributed by atoms with Gasteiger partial charge in [-0.15, -0.1) is 0 Å². The Morgan fingerprint density at radius 3 is 2.11 bits per heavy atom. The molecule has 5 fully saturated rings. The fourth-order valence-electron chi connectivity index (χ4n) is 10.1. The Morgan fingerprint density at radius 2 is 1.56 bits per heavy atom. The van der Waals surface area contributed by atoms with E-state index in [1.54, 1.807) is 4.90 Å². The molecule has 4 N–H and O–H groups in total. The predicted molar refractivity (Wildman–Crippen MR) is 203 cm³/mol. The molecule has 296 valence electrons. The molecule has 12 nitrogen and oxygen atoms in total. The molecule has 0 radical (unpaired) electrons. The van der Waals surface area contributed by atoms with Crippen molar-refractivity contribution < 1.29 is 33.5 Å². The lowest BCUT2D eigenvalue weighted by atomic mass is 9.73. The van der Waals surface area contributed by atoms with Crippen LogP contribution in [0.4, 0.5) is 4.79 Å². The van der Waals surface area contributed by atoms with Crippen LogP contribution in [0.15, 0.2) is 30.3 Å². The highest BCUT2D eigenvalue weighted by atomic mass is 16.5. The third kappa shape index (κ3) is 7.26. The number of urea groups is 1. The molecule has 1 aromatic carbocycles. The van der Waals surface area contributed by atoms with Crippen LogP contribution in [0.25, 0.3) is 0 Å². The number of hydrogen-bond acceptors (Lipinski definition) is 7. The number of amides is 5. The summed E-state index contributed by atoms with van der Waals surface area (Å²) in [6.45, 7) is 12.4. The van der Waals surface area contributed by atoms with Crippen molar-refractivity contribution in [3.63, 3.8) is 0 Å². The average Bonchev–Trinajstić information content (AvgIpc) is 3.94. The Balaban J connectivity index is 1.22. The molecule has 1 saturated heterocycles. The van der Waals surface area contributed by atoms with Crippen molar-refractivity contribution in [1.29, 1.82) is 0 Å². The van der Waals surface area contributed by atoms with Crippen LogP contribution in [-0.4, -0.2) is 76.7 Å². The molecule has 12 heteroatoms. The molecular formula is C42H61N5O7. The zero-order valence-corrected chi connectivity index (χ0v) is 33.1. The summed E-state index contributed by atoms with van der Waals surface area (Å²) in [6, 6.07) is 5.82. The van der Waals surface area contributed by atoms with Gasteiger partial charge in [-0.05, 0) is 73.2 Å². The normalized spacial score (nSPS) is 25.8. The summed E-state index contributed by atoms with van der Waals surface area (Å²) in [4.78, 5) is 84.6. The molecule has 1 aliphatic heterocycles. The summed E-state index contributed by atoms with van der Waals surface area (Å²) in [5.74, 6) is -2.70. The van der Waals surface area contributed by atoms with Crippen LogP contribution in [0.2, 0.25) is 0 Å². The molecule has 5 aliphatic rings. The molecule has 0 aromatic heterocycles. The lowest BCUT2D eigenvalue weighted by Crippen LogP contribution is -2.64. The van der Waals surface area contributed by atoms with Gasteiger partial charge in [0.1, 0.15) is 24.2 Å². The van der Waals surface area contributed by atoms with E-state index in [-0.39, 0.29) is 34.8 Å². The number of nitrogens with one attached hydrogen (secondary N) is 4. The van der Waals surface area contributed by atoms with Gasteiger partial charge in [0.05, 0.1) is 6.04 Å². The van der Waals surface area contributed by atoms with Gasteiger partial charge in [0.15, 0.2) is 0 Å². The maximum Gasteiger partial charge on any atom is 0.332 e. The zero-order valence-electron chi connectivity index (χ0n) is 33.1. The Morgan fingerprint density at radius 1 is 0.889 bits per heavy atom. The van der Waals surface area contributed by atoms with Crippen LogP contribution in [0.1, 0.15) is 131 Å². The number of hydrogen-bond donors (Lipinski definition) is 4. The second-order valence-electron chi connectivity index (χ2n) is 18.4. The van der Waals surface area contributed by atoms with E-state index in [2.05, 4.69) is 35.1 Å². The number of carbonyl (C=O) groups is 6. The van der Waals surface area contributed by atoms with Gasteiger partial charge in [-0.2, -0.15) is 0 Å². The number of ketones is 1. The first-order valence-electron chi connectivity index (χ1n) is 20.3. The largest absolute Gasteiger partial charge is 0.459 e. The number of likely N-dealkylation sites (tertiary alicyclic amines) is 1. The number of rotatable bonds is 13. The van der Waals surface area contributed by atoms with Gasteiger partial charge in [-0.3, -0.25) is 19.2 Å². The lowest BCUT2D eigenvalue weighted by molar-refractivity contribution is -0.154. The van der Waals surface area contributed by atoms with Gasteiger partial charge in [0.2, 0.25) is 17.6 Å². The van der Waals surface area contributed by atoms with E-state index in [1.165, 1.54) is 0 Å². The van der Waals surface area contributed by atoms with E-state index >= 15 is 0 Å². The van der Waals surface area contributed by atoms with Crippen molar-refractivity contribution in [3.8, 4) is 0 Å². The molecule has 54 heavy (non-hydrogen) atoms. The maximum absolute atomic E-state index is 14.9. The van der Waals surface area contributed by atoms with Gasteiger partial charge in [-0.25, -0.2) is 9.59 Å². The highest BCUT2D eigenvalue weighted by Crippen LogP contribution is 2.88. The molecule has 5 amide bonds. The van der Waals surface area contributed by atoms with Crippen molar-refractivity contribution in [2.24, 2.45) is 21.7 Å². The third-order valence-corrected chi connectivity index (χ3v) is 13.8. The zero-order chi connectivity index (χ0) is 39.1. The van der Waals surface area contributed by atoms with Gasteiger partial charge >= 0.3 is 12.0 Å². The predicted octanol–water partition coefficient (Wildman–Crippen LogP) is 5.08. The standard InChI is InChI=1S/C42H61N5O7/c1-7-15-29(31(48)34(50)43-28-18-19-28)44-33(49)30-24-42(39(5,6)41(42)22-14-23-41)26-47(30)35(51)32(38(2,3)4)45-37(53)46-40(20-12-9-13-21-40)36(52)54-25-27-16-10-8-11-17-27/h8,10-11,16-17,28-30,32H,7,9,12-15,18-26H2,1-6H3,(H,43,50)(H,44,49)(H2,45,46,53)/t29?,30-,32+,42+/m0/s1. The molecule has 0 bridgehead atoms. The first-order chi connectivity index (χ1) is 25.5. The molecule has 4 aliphatic carbocycles. The number of fused-ring (bicyclic) bond motifs is 1. The highest BCUT2D eigenvalue weighted by molar-refractivity contribution is 6.38. The summed E-state index contributed by atoms with van der Waals surface area (Å²) in [5, 5.41) is 11.5. The summed E-state index contributed by atoms with van der Waals surface area (Å²) in [5.41, 5.74) is -1.53. The smallest absolute Gasteiger partial charge is 0.332 e. The first-order valence-corrected chi connectivity index (χ1v) is 20.3. The van der Waals surface area contributed by atoms with Gasteiger partial charge in [-0.1, -0.05) is 104 Å². The van der Waals surface area contributed by atoms with Gasteiger partial charge < -0.3 is 30.9 Å². The number of ether oxygens (including phenoxy) is 1. The number of benzene rings is 1. The SMILES string of the molecule is CCCC(NC(=O)[C@@H]1C[C@@]2(CN1C(=O)[C@@H](NC(=O)NC1(C(=O)OCc3ccccc3)CCCCC1)C(C)(C)C)C(C)(C)C21CCC1)C(=O)C(=O)NC1CC1. The number of nitrogens with zero attached hydrogens (tertiary/aromatic N) is 1. The van der Waals surface area contributed by atoms with E-state index in [4.69, 9.17) is 4.74 Å². The summed E-state index contributed by atoms with van der Waals surface area (Å²) < 4.78 is 5.75. The van der Waals surface area contributed by atoms with E-state index < -0.39 is 58.7 Å². The number of carbonyl (C=O) groups excluding carboxylic acids is 6. The second-order valence-corrected chi connectivity index (χ2v) is 18.4. The van der Waals surface area contributed by atoms with E-state index in [9.17, 15) is 28.8 Å². The van der Waals surface area contributed by atoms with Crippen LogP contribution < -0.4 is 21.3 Å². The van der Waals surface area contributed by atoms with Crippen molar-refractivity contribution >= 4 is 35.5 Å². The van der Waals surface area contributed by atoms with Crippen molar-refractivity contribution in [3.05, 3.63) is 35.9 Å². The fourth-order valence-corrected chi connectivity index (χ4v) is 10.1. The van der Waals surface area contributed by atoms with Gasteiger partial charge in [0, 0.05) is 18.0 Å². The molecular weight excluding hydrogens is 686 g/mol. The quantitative estimate of drug-likeness (QED) is 0.162. The van der Waals surface area contributed by atoms with Gasteiger partial charge in [0.25, 0.3) is 5.91 Å². The Kier molecular flexibility index (Phi) is 11.0. The van der Waals surface area contributed by atoms with E-state index in [1.807, 2.05) is 58.0 Å². The maximum atomic E-state index is 14.9. The summed E-state index contributed by atoms with van der Waals surface area (Å²) in [6.07, 6.45) is 9.42. The second kappa shape index (κ2) is 14.9. The third-order valence-electron chi connectivity index (χ3n) is 13.8. The topological polar surface area (TPSA) is 163 Å². The Hall–Kier alpha value is -3.96. The Bertz CT molecular complexity index is 1620. The highest BCUT2D eigenvalue weighted by Gasteiger charge is 2.85. The van der Waals surface area contributed by atoms with Crippen LogP contribution in [0, 0.1) is 21.7 Å². The van der Waals surface area contributed by atoms with Crippen molar-refractivity contribution in [2.75, 3.05) is 6.54 Å². The minimum atomic E-state index is -1.23. The number of Topliss-reactive ketones (excluding diaryl/α,β-unsaturated/α-hetero) is 1. The van der Waals surface area contributed by atoms with Crippen molar-refractivity contribution in [2.45, 2.75) is 161 Å². The minimum Gasteiger partial charge on any atom is -0.459 e. The molecule has 4 saturated carbocycles. The summed E-state index contributed by atoms with van der Waals surface area (Å²) >= 11 is 0.